The Balaban J connectivity index is 1.69. The maximum atomic E-state index is 9.47. The molecular formula is C16H23NO2. The van der Waals surface area contributed by atoms with Crippen LogP contribution in [0.4, 0.5) is 0 Å². The molecule has 3 rings (SSSR count). The van der Waals surface area contributed by atoms with Crippen molar-refractivity contribution < 1.29 is 9.84 Å². The lowest BCUT2D eigenvalue weighted by molar-refractivity contribution is 0.200. The Kier molecular flexibility index (Phi) is 3.40. The van der Waals surface area contributed by atoms with Crippen LogP contribution >= 0.6 is 0 Å². The highest BCUT2D eigenvalue weighted by Gasteiger charge is 2.31. The van der Waals surface area contributed by atoms with Crippen molar-refractivity contribution in [2.45, 2.75) is 45.2 Å². The van der Waals surface area contributed by atoms with E-state index in [-0.39, 0.29) is 11.8 Å². The molecule has 2 aliphatic rings. The molecule has 4 unspecified atom stereocenters. The summed E-state index contributed by atoms with van der Waals surface area (Å²) in [4.78, 5) is 0. The highest BCUT2D eigenvalue weighted by molar-refractivity contribution is 5.44. The lowest BCUT2D eigenvalue weighted by Crippen LogP contribution is -2.41. The second-order valence-electron chi connectivity index (χ2n) is 6.25. The van der Waals surface area contributed by atoms with E-state index in [4.69, 9.17) is 4.74 Å². The Labute approximate surface area is 115 Å². The molecule has 0 radical (unpaired) electrons. The number of phenols is 1. The minimum Gasteiger partial charge on any atom is -0.508 e. The zero-order chi connectivity index (χ0) is 13.4. The fourth-order valence-electron chi connectivity index (χ4n) is 3.51. The number of aromatic hydroxyl groups is 1. The zero-order valence-electron chi connectivity index (χ0n) is 11.7. The predicted molar refractivity (Wildman–Crippen MR) is 75.4 cm³/mol. The topological polar surface area (TPSA) is 41.5 Å². The first kappa shape index (κ1) is 12.8. The quantitative estimate of drug-likeness (QED) is 0.858. The van der Waals surface area contributed by atoms with Gasteiger partial charge in [0.2, 0.25) is 0 Å². The largest absolute Gasteiger partial charge is 0.508 e. The van der Waals surface area contributed by atoms with Crippen LogP contribution < -0.4 is 10.1 Å². The summed E-state index contributed by atoms with van der Waals surface area (Å²) < 4.78 is 5.67. The highest BCUT2D eigenvalue weighted by Crippen LogP contribution is 2.37. The van der Waals surface area contributed by atoms with E-state index < -0.39 is 0 Å². The number of nitrogens with one attached hydrogen (secondary N) is 1. The summed E-state index contributed by atoms with van der Waals surface area (Å²) in [5.74, 6) is 2.69. The first-order valence-electron chi connectivity index (χ1n) is 7.35. The van der Waals surface area contributed by atoms with Gasteiger partial charge in [0.05, 0.1) is 6.04 Å². The molecule has 1 aliphatic heterocycles. The molecule has 2 N–H and O–H groups in total. The summed E-state index contributed by atoms with van der Waals surface area (Å²) in [7, 11) is 0. The highest BCUT2D eigenvalue weighted by atomic mass is 16.5. The van der Waals surface area contributed by atoms with Crippen molar-refractivity contribution in [1.29, 1.82) is 0 Å². The number of phenolic OH excluding ortho intramolecular Hbond substituents is 1. The van der Waals surface area contributed by atoms with Crippen molar-refractivity contribution in [2.75, 3.05) is 6.61 Å². The number of fused-ring (bicyclic) bond motifs is 1. The van der Waals surface area contributed by atoms with Crippen molar-refractivity contribution in [3.05, 3.63) is 23.8 Å². The number of ether oxygens (including phenoxy) is 1. The molecule has 104 valence electrons. The van der Waals surface area contributed by atoms with Gasteiger partial charge in [0.15, 0.2) is 0 Å². The van der Waals surface area contributed by atoms with Crippen molar-refractivity contribution in [3.63, 3.8) is 0 Å². The molecule has 0 aromatic heterocycles. The molecule has 1 saturated carbocycles. The number of hydrogen-bond donors (Lipinski definition) is 2. The Bertz CT molecular complexity index is 460. The third-order valence-corrected chi connectivity index (χ3v) is 4.62. The standard InChI is InChI=1S/C16H23NO2/c1-10-3-6-14(11(2)7-10)17-15-9-19-16-8-12(18)4-5-13(15)16/h4-5,8,10-11,14-15,17-18H,3,6-7,9H2,1-2H3. The summed E-state index contributed by atoms with van der Waals surface area (Å²) in [6.07, 6.45) is 3.89. The van der Waals surface area contributed by atoms with Crippen LogP contribution in [0.2, 0.25) is 0 Å². The minimum atomic E-state index is 0.274. The van der Waals surface area contributed by atoms with Crippen LogP contribution in [-0.2, 0) is 0 Å². The molecule has 3 heteroatoms. The van der Waals surface area contributed by atoms with Gasteiger partial charge in [0.25, 0.3) is 0 Å². The first-order chi connectivity index (χ1) is 9.13. The van der Waals surface area contributed by atoms with Crippen LogP contribution in [-0.4, -0.2) is 17.8 Å². The van der Waals surface area contributed by atoms with E-state index >= 15 is 0 Å². The average Bonchev–Trinajstić information content (AvgIpc) is 2.75. The SMILES string of the molecule is CC1CCC(NC2COc3cc(O)ccc32)C(C)C1. The molecule has 0 spiro atoms. The molecule has 19 heavy (non-hydrogen) atoms. The summed E-state index contributed by atoms with van der Waals surface area (Å²) in [6, 6.07) is 6.30. The summed E-state index contributed by atoms with van der Waals surface area (Å²) in [5.41, 5.74) is 1.18. The normalized spacial score (nSPS) is 33.8. The Morgan fingerprint density at radius 2 is 2.11 bits per heavy atom. The van der Waals surface area contributed by atoms with Crippen molar-refractivity contribution in [1.82, 2.24) is 5.32 Å². The van der Waals surface area contributed by atoms with Crippen LogP contribution in [0.3, 0.4) is 0 Å². The van der Waals surface area contributed by atoms with Crippen LogP contribution in [0.25, 0.3) is 0 Å². The molecule has 0 saturated heterocycles. The molecule has 0 amide bonds. The van der Waals surface area contributed by atoms with Gasteiger partial charge in [-0.1, -0.05) is 13.8 Å². The third kappa shape index (κ3) is 2.57. The van der Waals surface area contributed by atoms with Gasteiger partial charge < -0.3 is 15.2 Å². The first-order valence-corrected chi connectivity index (χ1v) is 7.35. The van der Waals surface area contributed by atoms with Gasteiger partial charge in [-0.3, -0.25) is 0 Å². The predicted octanol–water partition coefficient (Wildman–Crippen LogP) is 3.24. The molecule has 1 aliphatic carbocycles. The van der Waals surface area contributed by atoms with E-state index in [0.717, 1.165) is 17.6 Å². The van der Waals surface area contributed by atoms with Gasteiger partial charge in [-0.2, -0.15) is 0 Å². The van der Waals surface area contributed by atoms with Gasteiger partial charge in [-0.25, -0.2) is 0 Å². The van der Waals surface area contributed by atoms with Crippen LogP contribution in [0.15, 0.2) is 18.2 Å². The molecule has 1 aromatic carbocycles. The number of hydrogen-bond acceptors (Lipinski definition) is 3. The van der Waals surface area contributed by atoms with E-state index in [0.29, 0.717) is 12.6 Å². The second-order valence-corrected chi connectivity index (χ2v) is 6.25. The fraction of sp³-hybridized carbons (Fsp3) is 0.625. The molecule has 1 fully saturated rings. The maximum absolute atomic E-state index is 9.47. The summed E-state index contributed by atoms with van der Waals surface area (Å²) >= 11 is 0. The molecule has 0 bridgehead atoms. The molecular weight excluding hydrogens is 238 g/mol. The van der Waals surface area contributed by atoms with E-state index in [9.17, 15) is 5.11 Å². The van der Waals surface area contributed by atoms with E-state index in [2.05, 4.69) is 19.2 Å². The van der Waals surface area contributed by atoms with Gasteiger partial charge >= 0.3 is 0 Å². The third-order valence-electron chi connectivity index (χ3n) is 4.62. The monoisotopic (exact) mass is 261 g/mol. The van der Waals surface area contributed by atoms with E-state index in [1.165, 1.54) is 24.8 Å². The minimum absolute atomic E-state index is 0.274. The Morgan fingerprint density at radius 1 is 1.26 bits per heavy atom. The van der Waals surface area contributed by atoms with E-state index in [1.807, 2.05) is 6.07 Å². The zero-order valence-corrected chi connectivity index (χ0v) is 11.7. The van der Waals surface area contributed by atoms with E-state index in [1.54, 1.807) is 12.1 Å². The Hall–Kier alpha value is -1.22. The lowest BCUT2D eigenvalue weighted by Gasteiger charge is -2.35. The molecule has 3 nitrogen and oxygen atoms in total. The second kappa shape index (κ2) is 5.04. The van der Waals surface area contributed by atoms with Crippen molar-refractivity contribution >= 4 is 0 Å². The summed E-state index contributed by atoms with van der Waals surface area (Å²) in [5, 5.41) is 13.2. The molecule has 4 atom stereocenters. The lowest BCUT2D eigenvalue weighted by atomic mass is 9.79. The smallest absolute Gasteiger partial charge is 0.127 e. The van der Waals surface area contributed by atoms with Gasteiger partial charge in [0, 0.05) is 17.7 Å². The number of rotatable bonds is 2. The molecule has 1 heterocycles. The van der Waals surface area contributed by atoms with Crippen molar-refractivity contribution in [3.8, 4) is 11.5 Å². The van der Waals surface area contributed by atoms with Crippen LogP contribution in [0.1, 0.15) is 44.7 Å². The van der Waals surface area contributed by atoms with Gasteiger partial charge in [-0.15, -0.1) is 0 Å². The molecule has 1 aromatic rings. The number of benzene rings is 1. The van der Waals surface area contributed by atoms with Gasteiger partial charge in [0.1, 0.15) is 18.1 Å². The average molecular weight is 261 g/mol. The summed E-state index contributed by atoms with van der Waals surface area (Å²) in [6.45, 7) is 5.38. The van der Waals surface area contributed by atoms with Gasteiger partial charge in [-0.05, 0) is 43.2 Å². The maximum Gasteiger partial charge on any atom is 0.127 e. The fourth-order valence-corrected chi connectivity index (χ4v) is 3.51. The van der Waals surface area contributed by atoms with Crippen molar-refractivity contribution in [2.24, 2.45) is 11.8 Å². The van der Waals surface area contributed by atoms with Crippen LogP contribution in [0.5, 0.6) is 11.5 Å². The Morgan fingerprint density at radius 3 is 2.89 bits per heavy atom. The van der Waals surface area contributed by atoms with Crippen LogP contribution in [0, 0.1) is 11.8 Å².